The van der Waals surface area contributed by atoms with Crippen LogP contribution in [0.1, 0.15) is 31.2 Å². The zero-order valence-corrected chi connectivity index (χ0v) is 11.7. The first-order chi connectivity index (χ1) is 9.16. The number of nitrogens with zero attached hydrogens (tertiary/aromatic N) is 2. The molecule has 0 spiro atoms. The van der Waals surface area contributed by atoms with Crippen molar-refractivity contribution >= 4 is 17.6 Å². The van der Waals surface area contributed by atoms with E-state index in [1.54, 1.807) is 12.1 Å². The standard InChI is InChI=1S/C14H19ClFN3/c15-12-9-11(5-6-13(12)16)10-18-14(17)19-7-3-1-2-4-8-19/h5-6,9H,1-4,7-8,10H2,(H2,17,18). The minimum atomic E-state index is -0.408. The van der Waals surface area contributed by atoms with Crippen molar-refractivity contribution in [1.82, 2.24) is 4.90 Å². The Hall–Kier alpha value is -1.29. The van der Waals surface area contributed by atoms with Crippen LogP contribution < -0.4 is 5.73 Å². The lowest BCUT2D eigenvalue weighted by molar-refractivity contribution is 0.428. The van der Waals surface area contributed by atoms with Gasteiger partial charge < -0.3 is 10.6 Å². The molecular formula is C14H19ClFN3. The summed E-state index contributed by atoms with van der Waals surface area (Å²) in [6, 6.07) is 4.63. The Morgan fingerprint density at radius 3 is 2.58 bits per heavy atom. The number of likely N-dealkylation sites (tertiary alicyclic amines) is 1. The molecule has 0 aliphatic carbocycles. The molecule has 0 aromatic heterocycles. The van der Waals surface area contributed by atoms with E-state index in [9.17, 15) is 4.39 Å². The highest BCUT2D eigenvalue weighted by Gasteiger charge is 2.10. The van der Waals surface area contributed by atoms with Gasteiger partial charge in [0.05, 0.1) is 11.6 Å². The molecule has 3 nitrogen and oxygen atoms in total. The number of aliphatic imine (C=N–C) groups is 1. The average Bonchev–Trinajstić information content (AvgIpc) is 2.69. The van der Waals surface area contributed by atoms with Gasteiger partial charge in [-0.2, -0.15) is 0 Å². The van der Waals surface area contributed by atoms with E-state index in [1.807, 2.05) is 0 Å². The molecule has 1 saturated heterocycles. The quantitative estimate of drug-likeness (QED) is 0.669. The predicted octanol–water partition coefficient (Wildman–Crippen LogP) is 3.17. The van der Waals surface area contributed by atoms with E-state index in [-0.39, 0.29) is 5.02 Å². The molecule has 1 aromatic rings. The number of halogens is 2. The van der Waals surface area contributed by atoms with Crippen LogP contribution in [0.15, 0.2) is 23.2 Å². The van der Waals surface area contributed by atoms with Crippen LogP contribution in [0.25, 0.3) is 0 Å². The normalized spacial score (nSPS) is 17.4. The molecule has 2 rings (SSSR count). The second-order valence-corrected chi connectivity index (χ2v) is 5.23. The van der Waals surface area contributed by atoms with E-state index in [1.165, 1.54) is 31.7 Å². The van der Waals surface area contributed by atoms with Gasteiger partial charge in [-0.25, -0.2) is 9.38 Å². The smallest absolute Gasteiger partial charge is 0.191 e. The molecule has 19 heavy (non-hydrogen) atoms. The molecule has 0 bridgehead atoms. The summed E-state index contributed by atoms with van der Waals surface area (Å²) in [5.74, 6) is 0.164. The fraction of sp³-hybridized carbons (Fsp3) is 0.500. The lowest BCUT2D eigenvalue weighted by atomic mass is 10.2. The van der Waals surface area contributed by atoms with Gasteiger partial charge in [0.15, 0.2) is 5.96 Å². The fourth-order valence-corrected chi connectivity index (χ4v) is 2.41. The fourth-order valence-electron chi connectivity index (χ4n) is 2.21. The van der Waals surface area contributed by atoms with E-state index in [2.05, 4.69) is 9.89 Å². The number of benzene rings is 1. The topological polar surface area (TPSA) is 41.6 Å². The highest BCUT2D eigenvalue weighted by Crippen LogP contribution is 2.16. The van der Waals surface area contributed by atoms with Gasteiger partial charge in [-0.05, 0) is 30.5 Å². The van der Waals surface area contributed by atoms with Crippen LogP contribution in [-0.2, 0) is 6.54 Å². The van der Waals surface area contributed by atoms with Crippen LogP contribution in [0, 0.1) is 5.82 Å². The molecule has 0 radical (unpaired) electrons. The zero-order valence-electron chi connectivity index (χ0n) is 10.9. The van der Waals surface area contributed by atoms with Crippen LogP contribution in [0.3, 0.4) is 0 Å². The molecular weight excluding hydrogens is 265 g/mol. The molecule has 1 aromatic carbocycles. The number of guanidine groups is 1. The van der Waals surface area contributed by atoms with Crippen molar-refractivity contribution < 1.29 is 4.39 Å². The molecule has 1 aliphatic rings. The lowest BCUT2D eigenvalue weighted by Crippen LogP contribution is -2.38. The molecule has 1 heterocycles. The summed E-state index contributed by atoms with van der Waals surface area (Å²) in [5.41, 5.74) is 6.87. The Morgan fingerprint density at radius 2 is 1.95 bits per heavy atom. The van der Waals surface area contributed by atoms with Gasteiger partial charge in [0.2, 0.25) is 0 Å². The Bertz CT molecular complexity index is 454. The van der Waals surface area contributed by atoms with Crippen molar-refractivity contribution in [3.05, 3.63) is 34.6 Å². The molecule has 104 valence electrons. The Morgan fingerprint density at radius 1 is 1.26 bits per heavy atom. The van der Waals surface area contributed by atoms with E-state index >= 15 is 0 Å². The Labute approximate surface area is 118 Å². The second kappa shape index (κ2) is 6.75. The third kappa shape index (κ3) is 4.10. The van der Waals surface area contributed by atoms with E-state index < -0.39 is 5.82 Å². The third-order valence-corrected chi connectivity index (χ3v) is 3.63. The molecule has 1 fully saturated rings. The maximum Gasteiger partial charge on any atom is 0.191 e. The average molecular weight is 284 g/mol. The maximum absolute atomic E-state index is 13.0. The summed E-state index contributed by atoms with van der Waals surface area (Å²) in [6.07, 6.45) is 4.85. The monoisotopic (exact) mass is 283 g/mol. The van der Waals surface area contributed by atoms with Crippen LogP contribution in [-0.4, -0.2) is 23.9 Å². The van der Waals surface area contributed by atoms with Gasteiger partial charge in [0.25, 0.3) is 0 Å². The van der Waals surface area contributed by atoms with Crippen LogP contribution >= 0.6 is 11.6 Å². The van der Waals surface area contributed by atoms with Gasteiger partial charge >= 0.3 is 0 Å². The minimum absolute atomic E-state index is 0.126. The van der Waals surface area contributed by atoms with Crippen molar-refractivity contribution in [3.63, 3.8) is 0 Å². The summed E-state index contributed by atoms with van der Waals surface area (Å²) in [4.78, 5) is 6.49. The summed E-state index contributed by atoms with van der Waals surface area (Å²) in [7, 11) is 0. The zero-order chi connectivity index (χ0) is 13.7. The number of rotatable bonds is 2. The highest BCUT2D eigenvalue weighted by atomic mass is 35.5. The lowest BCUT2D eigenvalue weighted by Gasteiger charge is -2.21. The maximum atomic E-state index is 13.0. The van der Waals surface area contributed by atoms with E-state index in [0.717, 1.165) is 18.7 Å². The first kappa shape index (κ1) is 14.1. The first-order valence-corrected chi connectivity index (χ1v) is 7.03. The number of hydrogen-bond acceptors (Lipinski definition) is 1. The molecule has 2 N–H and O–H groups in total. The van der Waals surface area contributed by atoms with Gasteiger partial charge in [-0.15, -0.1) is 0 Å². The van der Waals surface area contributed by atoms with E-state index in [4.69, 9.17) is 17.3 Å². The summed E-state index contributed by atoms with van der Waals surface area (Å²) >= 11 is 5.73. The van der Waals surface area contributed by atoms with Crippen LogP contribution in [0.5, 0.6) is 0 Å². The van der Waals surface area contributed by atoms with Gasteiger partial charge in [0.1, 0.15) is 5.82 Å². The molecule has 5 heteroatoms. The minimum Gasteiger partial charge on any atom is -0.370 e. The Balaban J connectivity index is 1.98. The van der Waals surface area contributed by atoms with Crippen LogP contribution in [0.2, 0.25) is 5.02 Å². The first-order valence-electron chi connectivity index (χ1n) is 6.65. The summed E-state index contributed by atoms with van der Waals surface area (Å²) in [5, 5.41) is 0.126. The van der Waals surface area contributed by atoms with Gasteiger partial charge in [0, 0.05) is 13.1 Å². The largest absolute Gasteiger partial charge is 0.370 e. The van der Waals surface area contributed by atoms with Gasteiger partial charge in [-0.3, -0.25) is 0 Å². The SMILES string of the molecule is NC(=NCc1ccc(F)c(Cl)c1)N1CCCCCC1. The van der Waals surface area contributed by atoms with Crippen LogP contribution in [0.4, 0.5) is 4.39 Å². The van der Waals surface area contributed by atoms with Crippen molar-refractivity contribution in [3.8, 4) is 0 Å². The molecule has 0 amide bonds. The van der Waals surface area contributed by atoms with Crippen molar-refractivity contribution in [2.75, 3.05) is 13.1 Å². The summed E-state index contributed by atoms with van der Waals surface area (Å²) in [6.45, 7) is 2.38. The highest BCUT2D eigenvalue weighted by molar-refractivity contribution is 6.30. The Kier molecular flexibility index (Phi) is 5.02. The third-order valence-electron chi connectivity index (χ3n) is 3.34. The molecule has 1 aliphatic heterocycles. The molecule has 0 unspecified atom stereocenters. The van der Waals surface area contributed by atoms with Crippen molar-refractivity contribution in [2.45, 2.75) is 32.2 Å². The molecule has 0 atom stereocenters. The van der Waals surface area contributed by atoms with Gasteiger partial charge in [-0.1, -0.05) is 30.5 Å². The number of nitrogens with two attached hydrogens (primary N) is 1. The predicted molar refractivity (Wildman–Crippen MR) is 76.8 cm³/mol. The summed E-state index contributed by atoms with van der Waals surface area (Å²) < 4.78 is 13.0. The second-order valence-electron chi connectivity index (χ2n) is 4.82. The van der Waals surface area contributed by atoms with E-state index in [0.29, 0.717) is 12.5 Å². The number of hydrogen-bond donors (Lipinski definition) is 1. The van der Waals surface area contributed by atoms with Crippen molar-refractivity contribution in [1.29, 1.82) is 0 Å². The van der Waals surface area contributed by atoms with Crippen molar-refractivity contribution in [2.24, 2.45) is 10.7 Å². The molecule has 0 saturated carbocycles.